The Morgan fingerprint density at radius 3 is 2.28 bits per heavy atom. The molecule has 4 heteroatoms. The molecule has 1 aromatic carbocycles. The average Bonchev–Trinajstić information content (AvgIpc) is 2.28. The molecule has 4 nitrogen and oxygen atoms in total. The van der Waals surface area contributed by atoms with E-state index in [2.05, 4.69) is 0 Å². The Bertz CT molecular complexity index is 422. The van der Waals surface area contributed by atoms with Gasteiger partial charge in [0, 0.05) is 6.42 Å². The van der Waals surface area contributed by atoms with E-state index in [0.717, 1.165) is 0 Å². The highest BCUT2D eigenvalue weighted by Gasteiger charge is 2.39. The largest absolute Gasteiger partial charge is 0.458 e. The van der Waals surface area contributed by atoms with Gasteiger partial charge in [-0.15, -0.1) is 0 Å². The molecule has 0 amide bonds. The standard InChI is InChI=1S/C14H19NO3/c1-13(2,3)18-12(17)14(15,9-10-16)11-7-5-4-6-8-11/h4-8,10H,9,15H2,1-3H3. The van der Waals surface area contributed by atoms with Crippen LogP contribution in [0.15, 0.2) is 30.3 Å². The van der Waals surface area contributed by atoms with Gasteiger partial charge in [0.1, 0.15) is 17.4 Å². The van der Waals surface area contributed by atoms with Crippen LogP contribution in [0.25, 0.3) is 0 Å². The minimum absolute atomic E-state index is 0.105. The Hall–Kier alpha value is -1.68. The number of aldehydes is 1. The van der Waals surface area contributed by atoms with Crippen molar-refractivity contribution in [2.75, 3.05) is 0 Å². The molecule has 1 aromatic rings. The molecule has 1 rings (SSSR count). The van der Waals surface area contributed by atoms with Crippen LogP contribution in [0.2, 0.25) is 0 Å². The molecule has 0 saturated carbocycles. The summed E-state index contributed by atoms with van der Waals surface area (Å²) < 4.78 is 5.29. The van der Waals surface area contributed by atoms with Gasteiger partial charge in [0.25, 0.3) is 0 Å². The smallest absolute Gasteiger partial charge is 0.331 e. The summed E-state index contributed by atoms with van der Waals surface area (Å²) in [6, 6.07) is 8.79. The Labute approximate surface area is 107 Å². The van der Waals surface area contributed by atoms with E-state index in [-0.39, 0.29) is 6.42 Å². The van der Waals surface area contributed by atoms with Gasteiger partial charge in [-0.25, -0.2) is 4.79 Å². The fraction of sp³-hybridized carbons (Fsp3) is 0.429. The molecule has 0 heterocycles. The highest BCUT2D eigenvalue weighted by molar-refractivity contribution is 5.85. The fourth-order valence-corrected chi connectivity index (χ4v) is 1.56. The molecule has 0 saturated heterocycles. The Morgan fingerprint density at radius 2 is 1.83 bits per heavy atom. The van der Waals surface area contributed by atoms with Crippen LogP contribution >= 0.6 is 0 Å². The number of carbonyl (C=O) groups is 2. The molecule has 0 aliphatic heterocycles. The van der Waals surface area contributed by atoms with Crippen molar-refractivity contribution in [1.82, 2.24) is 0 Å². The zero-order valence-corrected chi connectivity index (χ0v) is 11.0. The van der Waals surface area contributed by atoms with Gasteiger partial charge in [-0.2, -0.15) is 0 Å². The van der Waals surface area contributed by atoms with Gasteiger partial charge in [-0.3, -0.25) is 0 Å². The van der Waals surface area contributed by atoms with Gasteiger partial charge in [-0.1, -0.05) is 30.3 Å². The maximum absolute atomic E-state index is 12.2. The van der Waals surface area contributed by atoms with Gasteiger partial charge >= 0.3 is 5.97 Å². The second-order valence-electron chi connectivity index (χ2n) is 5.21. The minimum Gasteiger partial charge on any atom is -0.458 e. The SMILES string of the molecule is CC(C)(C)OC(=O)C(N)(CC=O)c1ccccc1. The normalized spacial score (nSPS) is 14.7. The first kappa shape index (κ1) is 14.4. The van der Waals surface area contributed by atoms with Crippen LogP contribution < -0.4 is 5.73 Å². The zero-order valence-electron chi connectivity index (χ0n) is 11.0. The molecule has 18 heavy (non-hydrogen) atoms. The predicted molar refractivity (Wildman–Crippen MR) is 68.8 cm³/mol. The quantitative estimate of drug-likeness (QED) is 0.652. The summed E-state index contributed by atoms with van der Waals surface area (Å²) in [7, 11) is 0. The van der Waals surface area contributed by atoms with Crippen molar-refractivity contribution >= 4 is 12.3 Å². The lowest BCUT2D eigenvalue weighted by molar-refractivity contribution is -0.163. The molecule has 98 valence electrons. The van der Waals surface area contributed by atoms with Gasteiger partial charge in [0.15, 0.2) is 0 Å². The second kappa shape index (κ2) is 5.31. The van der Waals surface area contributed by atoms with Crippen molar-refractivity contribution < 1.29 is 14.3 Å². The summed E-state index contributed by atoms with van der Waals surface area (Å²) in [6.07, 6.45) is 0.531. The number of nitrogens with two attached hydrogens (primary N) is 1. The van der Waals surface area contributed by atoms with E-state index in [1.54, 1.807) is 45.0 Å². The Morgan fingerprint density at radius 1 is 1.28 bits per heavy atom. The third kappa shape index (κ3) is 3.40. The van der Waals surface area contributed by atoms with Crippen LogP contribution in [0, 0.1) is 0 Å². The molecule has 2 N–H and O–H groups in total. The molecule has 0 bridgehead atoms. The van der Waals surface area contributed by atoms with Crippen LogP contribution in [-0.4, -0.2) is 17.9 Å². The number of hydrogen-bond acceptors (Lipinski definition) is 4. The van der Waals surface area contributed by atoms with Gasteiger partial charge in [0.2, 0.25) is 0 Å². The van der Waals surface area contributed by atoms with E-state index in [1.807, 2.05) is 6.07 Å². The topological polar surface area (TPSA) is 69.4 Å². The lowest BCUT2D eigenvalue weighted by atomic mass is 9.88. The van der Waals surface area contributed by atoms with Crippen LogP contribution in [0.4, 0.5) is 0 Å². The van der Waals surface area contributed by atoms with Crippen molar-refractivity contribution in [2.45, 2.75) is 38.3 Å². The summed E-state index contributed by atoms with van der Waals surface area (Å²) in [6.45, 7) is 5.28. The molecule has 0 aromatic heterocycles. The molecule has 1 unspecified atom stereocenters. The summed E-state index contributed by atoms with van der Waals surface area (Å²) >= 11 is 0. The van der Waals surface area contributed by atoms with Crippen LogP contribution in [-0.2, 0) is 19.9 Å². The highest BCUT2D eigenvalue weighted by atomic mass is 16.6. The highest BCUT2D eigenvalue weighted by Crippen LogP contribution is 2.25. The Balaban J connectivity index is 3.08. The summed E-state index contributed by atoms with van der Waals surface area (Å²) in [5.74, 6) is -0.590. The van der Waals surface area contributed by atoms with E-state index >= 15 is 0 Å². The summed E-state index contributed by atoms with van der Waals surface area (Å²) in [4.78, 5) is 22.9. The molecule has 0 spiro atoms. The first-order chi connectivity index (χ1) is 8.29. The van der Waals surface area contributed by atoms with Crippen LogP contribution in [0.3, 0.4) is 0 Å². The molecular weight excluding hydrogens is 230 g/mol. The van der Waals surface area contributed by atoms with E-state index in [1.165, 1.54) is 0 Å². The summed E-state index contributed by atoms with van der Waals surface area (Å²) in [5.41, 5.74) is 4.59. The number of carbonyl (C=O) groups excluding carboxylic acids is 2. The van der Waals surface area contributed by atoms with E-state index in [4.69, 9.17) is 10.5 Å². The first-order valence-electron chi connectivity index (χ1n) is 5.81. The maximum Gasteiger partial charge on any atom is 0.331 e. The molecule has 1 atom stereocenters. The first-order valence-corrected chi connectivity index (χ1v) is 5.81. The third-order valence-electron chi connectivity index (χ3n) is 2.46. The number of rotatable bonds is 4. The molecule has 0 aliphatic carbocycles. The number of benzene rings is 1. The van der Waals surface area contributed by atoms with E-state index < -0.39 is 17.1 Å². The Kier molecular flexibility index (Phi) is 4.24. The fourth-order valence-electron chi connectivity index (χ4n) is 1.56. The number of esters is 1. The van der Waals surface area contributed by atoms with Crippen molar-refractivity contribution in [1.29, 1.82) is 0 Å². The minimum atomic E-state index is -1.42. The molecule has 0 fully saturated rings. The second-order valence-corrected chi connectivity index (χ2v) is 5.21. The molecule has 0 radical (unpaired) electrons. The third-order valence-corrected chi connectivity index (χ3v) is 2.46. The van der Waals surface area contributed by atoms with Gasteiger partial charge in [-0.05, 0) is 26.3 Å². The monoisotopic (exact) mass is 249 g/mol. The zero-order chi connectivity index (χ0) is 13.8. The predicted octanol–water partition coefficient (Wildman–Crippen LogP) is 1.77. The molecule has 0 aliphatic rings. The lowest BCUT2D eigenvalue weighted by Gasteiger charge is -2.30. The number of hydrogen-bond donors (Lipinski definition) is 1. The average molecular weight is 249 g/mol. The maximum atomic E-state index is 12.2. The van der Waals surface area contributed by atoms with E-state index in [0.29, 0.717) is 11.8 Å². The van der Waals surface area contributed by atoms with E-state index in [9.17, 15) is 9.59 Å². The van der Waals surface area contributed by atoms with Crippen LogP contribution in [0.1, 0.15) is 32.8 Å². The number of ether oxygens (including phenoxy) is 1. The van der Waals surface area contributed by atoms with Crippen molar-refractivity contribution in [3.63, 3.8) is 0 Å². The van der Waals surface area contributed by atoms with Crippen LogP contribution in [0.5, 0.6) is 0 Å². The molecular formula is C14H19NO3. The summed E-state index contributed by atoms with van der Waals surface area (Å²) in [5, 5.41) is 0. The van der Waals surface area contributed by atoms with Gasteiger partial charge < -0.3 is 15.3 Å². The van der Waals surface area contributed by atoms with Crippen molar-refractivity contribution in [3.05, 3.63) is 35.9 Å². The van der Waals surface area contributed by atoms with Gasteiger partial charge in [0.05, 0.1) is 0 Å². The van der Waals surface area contributed by atoms with Crippen molar-refractivity contribution in [3.8, 4) is 0 Å². The van der Waals surface area contributed by atoms with Crippen molar-refractivity contribution in [2.24, 2.45) is 5.73 Å². The lowest BCUT2D eigenvalue weighted by Crippen LogP contribution is -2.48.